The number of likely N-dealkylation sites (tertiary alicyclic amines) is 1. The summed E-state index contributed by atoms with van der Waals surface area (Å²) >= 11 is 0. The molecule has 4 rings (SSSR count). The average molecular weight is 425 g/mol. The topological polar surface area (TPSA) is 63.4 Å². The van der Waals surface area contributed by atoms with Crippen molar-refractivity contribution in [2.75, 3.05) is 13.1 Å². The highest BCUT2D eigenvalue weighted by Crippen LogP contribution is 2.37. The number of halogens is 5. The van der Waals surface area contributed by atoms with E-state index < -0.39 is 42.5 Å². The van der Waals surface area contributed by atoms with E-state index in [9.17, 15) is 26.7 Å². The maximum Gasteiger partial charge on any atom is 0.416 e. The minimum Gasteiger partial charge on any atom is -0.332 e. The van der Waals surface area contributed by atoms with Crippen LogP contribution in [0.1, 0.15) is 39.6 Å². The van der Waals surface area contributed by atoms with Crippen molar-refractivity contribution in [2.45, 2.75) is 31.4 Å². The van der Waals surface area contributed by atoms with Crippen LogP contribution in [-0.2, 0) is 6.18 Å². The van der Waals surface area contributed by atoms with Gasteiger partial charge in [0.15, 0.2) is 0 Å². The molecule has 1 aromatic carbocycles. The molecule has 3 heterocycles. The molecule has 0 bridgehead atoms. The summed E-state index contributed by atoms with van der Waals surface area (Å²) in [4.78, 5) is 21.9. The highest BCUT2D eigenvalue weighted by molar-refractivity contribution is 5.94. The number of nitrogens with zero attached hydrogens (tertiary/aromatic N) is 5. The fourth-order valence-corrected chi connectivity index (χ4v) is 3.69. The first-order chi connectivity index (χ1) is 14.0. The van der Waals surface area contributed by atoms with Crippen LogP contribution in [0.3, 0.4) is 0 Å². The fraction of sp³-hybridized carbons (Fsp3) is 0.368. The molecule has 0 saturated carbocycles. The van der Waals surface area contributed by atoms with Gasteiger partial charge in [0.05, 0.1) is 17.8 Å². The van der Waals surface area contributed by atoms with Crippen molar-refractivity contribution in [3.63, 3.8) is 0 Å². The molecule has 1 amide bonds. The first kappa shape index (κ1) is 20.2. The van der Waals surface area contributed by atoms with E-state index in [1.54, 1.807) is 13.0 Å². The monoisotopic (exact) mass is 425 g/mol. The van der Waals surface area contributed by atoms with Crippen molar-refractivity contribution < 1.29 is 26.7 Å². The summed E-state index contributed by atoms with van der Waals surface area (Å²) in [6, 6.07) is 5.14. The van der Waals surface area contributed by atoms with E-state index in [0.717, 1.165) is 29.2 Å². The first-order valence-corrected chi connectivity index (χ1v) is 9.05. The van der Waals surface area contributed by atoms with Crippen LogP contribution in [0.15, 0.2) is 36.7 Å². The number of aromatic nitrogens is 4. The summed E-state index contributed by atoms with van der Waals surface area (Å²) in [6.45, 7) is 0.853. The van der Waals surface area contributed by atoms with E-state index in [2.05, 4.69) is 15.1 Å². The maximum absolute atomic E-state index is 14.5. The van der Waals surface area contributed by atoms with Gasteiger partial charge < -0.3 is 4.90 Å². The molecule has 1 aliphatic rings. The molecule has 11 heteroatoms. The molecule has 0 radical (unpaired) electrons. The molecule has 1 atom stereocenters. The molecule has 0 spiro atoms. The molecule has 1 fully saturated rings. The van der Waals surface area contributed by atoms with Gasteiger partial charge >= 0.3 is 6.18 Å². The summed E-state index contributed by atoms with van der Waals surface area (Å²) in [7, 11) is 0. The highest BCUT2D eigenvalue weighted by atomic mass is 19.4. The number of carbonyl (C=O) groups is 1. The molecule has 1 unspecified atom stereocenters. The zero-order valence-electron chi connectivity index (χ0n) is 15.7. The van der Waals surface area contributed by atoms with Crippen molar-refractivity contribution in [3.05, 3.63) is 59.2 Å². The third-order valence-corrected chi connectivity index (χ3v) is 4.98. The van der Waals surface area contributed by atoms with Gasteiger partial charge in [-0.3, -0.25) is 4.79 Å². The molecule has 1 aliphatic heterocycles. The maximum atomic E-state index is 14.5. The van der Waals surface area contributed by atoms with Gasteiger partial charge in [0.1, 0.15) is 6.33 Å². The van der Waals surface area contributed by atoms with Crippen LogP contribution in [0.5, 0.6) is 0 Å². The predicted molar refractivity (Wildman–Crippen MR) is 95.2 cm³/mol. The Morgan fingerprint density at radius 1 is 1.20 bits per heavy atom. The first-order valence-electron chi connectivity index (χ1n) is 9.05. The van der Waals surface area contributed by atoms with Gasteiger partial charge in [0.2, 0.25) is 0 Å². The van der Waals surface area contributed by atoms with Crippen molar-refractivity contribution >= 4 is 11.7 Å². The molecule has 0 aliphatic carbocycles. The zero-order chi connectivity index (χ0) is 21.7. The number of alkyl halides is 5. The molecule has 158 valence electrons. The second kappa shape index (κ2) is 6.99. The van der Waals surface area contributed by atoms with Crippen LogP contribution >= 0.6 is 0 Å². The molecule has 6 nitrogen and oxygen atoms in total. The molecule has 0 N–H and O–H groups in total. The van der Waals surface area contributed by atoms with Gasteiger partial charge in [-0.2, -0.15) is 23.3 Å². The Balaban J connectivity index is 1.64. The zero-order valence-corrected chi connectivity index (χ0v) is 15.7. The summed E-state index contributed by atoms with van der Waals surface area (Å²) in [5.41, 5.74) is 0.0117. The van der Waals surface area contributed by atoms with E-state index in [1.807, 2.05) is 0 Å². The number of carbonyl (C=O) groups excluding carboxylic acids is 1. The van der Waals surface area contributed by atoms with Crippen molar-refractivity contribution in [3.8, 4) is 0 Å². The third-order valence-electron chi connectivity index (χ3n) is 4.98. The summed E-state index contributed by atoms with van der Waals surface area (Å²) in [5, 5.41) is 4.03. The number of hydrogen-bond donors (Lipinski definition) is 0. The van der Waals surface area contributed by atoms with Crippen LogP contribution in [0.4, 0.5) is 22.0 Å². The highest BCUT2D eigenvalue weighted by Gasteiger charge is 2.43. The van der Waals surface area contributed by atoms with Gasteiger partial charge in [0, 0.05) is 30.1 Å². The molecule has 1 saturated heterocycles. The van der Waals surface area contributed by atoms with Crippen molar-refractivity contribution in [2.24, 2.45) is 0 Å². The summed E-state index contributed by atoms with van der Waals surface area (Å²) in [5.74, 6) is -4.42. The Morgan fingerprint density at radius 2 is 1.90 bits per heavy atom. The standard InChI is InChI=1S/C19H16F5N5O/c1-11-6-15(29-17(27-11)25-10-26-29)13-7-18(20,21)9-28(8-13)16(30)12-2-4-14(5-3-12)19(22,23)24/h2-6,10,13H,7-9H2,1H3. The summed E-state index contributed by atoms with van der Waals surface area (Å²) < 4.78 is 68.6. The van der Waals surface area contributed by atoms with E-state index in [4.69, 9.17) is 0 Å². The minimum absolute atomic E-state index is 0.0339. The van der Waals surface area contributed by atoms with Gasteiger partial charge in [-0.1, -0.05) is 0 Å². The number of hydrogen-bond acceptors (Lipinski definition) is 4. The predicted octanol–water partition coefficient (Wildman–Crippen LogP) is 3.72. The van der Waals surface area contributed by atoms with Crippen LogP contribution < -0.4 is 0 Å². The van der Waals surface area contributed by atoms with Crippen LogP contribution in [0.25, 0.3) is 5.78 Å². The number of piperidine rings is 1. The number of benzene rings is 1. The Bertz CT molecular complexity index is 1090. The van der Waals surface area contributed by atoms with Gasteiger partial charge in [-0.25, -0.2) is 18.3 Å². The normalized spacial score (nSPS) is 19.3. The van der Waals surface area contributed by atoms with E-state index in [1.165, 1.54) is 10.8 Å². The second-order valence-electron chi connectivity index (χ2n) is 7.31. The Morgan fingerprint density at radius 3 is 2.57 bits per heavy atom. The molecule has 2 aromatic heterocycles. The Hall–Kier alpha value is -3.11. The number of rotatable bonds is 2. The molecular weight excluding hydrogens is 409 g/mol. The lowest BCUT2D eigenvalue weighted by atomic mass is 9.91. The third kappa shape index (κ3) is 3.83. The lowest BCUT2D eigenvalue weighted by Crippen LogP contribution is -2.49. The number of fused-ring (bicyclic) bond motifs is 1. The quantitative estimate of drug-likeness (QED) is 0.588. The summed E-state index contributed by atoms with van der Waals surface area (Å²) in [6.07, 6.45) is -3.78. The smallest absolute Gasteiger partial charge is 0.332 e. The largest absolute Gasteiger partial charge is 0.416 e. The molecule has 30 heavy (non-hydrogen) atoms. The lowest BCUT2D eigenvalue weighted by molar-refractivity contribution is -0.137. The van der Waals surface area contributed by atoms with Crippen molar-refractivity contribution in [1.29, 1.82) is 0 Å². The van der Waals surface area contributed by atoms with E-state index in [0.29, 0.717) is 11.4 Å². The Kier molecular flexibility index (Phi) is 4.70. The Labute approximate surface area is 167 Å². The fourth-order valence-electron chi connectivity index (χ4n) is 3.69. The lowest BCUT2D eigenvalue weighted by Gasteiger charge is -2.37. The van der Waals surface area contributed by atoms with Gasteiger partial charge in [-0.05, 0) is 37.3 Å². The van der Waals surface area contributed by atoms with E-state index in [-0.39, 0.29) is 17.9 Å². The number of amides is 1. The van der Waals surface area contributed by atoms with Crippen LogP contribution in [-0.4, -0.2) is 49.4 Å². The van der Waals surface area contributed by atoms with Gasteiger partial charge in [-0.15, -0.1) is 0 Å². The second-order valence-corrected chi connectivity index (χ2v) is 7.31. The number of aryl methyl sites for hydroxylation is 1. The van der Waals surface area contributed by atoms with Crippen LogP contribution in [0, 0.1) is 6.92 Å². The minimum atomic E-state index is -4.55. The van der Waals surface area contributed by atoms with Gasteiger partial charge in [0.25, 0.3) is 17.6 Å². The average Bonchev–Trinajstić information content (AvgIpc) is 3.13. The molecular formula is C19H16F5N5O. The van der Waals surface area contributed by atoms with E-state index >= 15 is 0 Å². The molecule has 3 aromatic rings. The van der Waals surface area contributed by atoms with Crippen LogP contribution in [0.2, 0.25) is 0 Å². The SMILES string of the molecule is Cc1cc(C2CN(C(=O)c3ccc(C(F)(F)F)cc3)CC(F)(F)C2)n2ncnc2n1. The van der Waals surface area contributed by atoms with Crippen molar-refractivity contribution in [1.82, 2.24) is 24.5 Å².